The third-order valence-corrected chi connectivity index (χ3v) is 4.98. The average molecular weight is 304 g/mol. The third-order valence-electron chi connectivity index (χ3n) is 3.24. The molecule has 0 atom stereocenters. The number of sulfone groups is 1. The Morgan fingerprint density at radius 3 is 2.52 bits per heavy atom. The van der Waals surface area contributed by atoms with Gasteiger partial charge in [-0.3, -0.25) is 4.79 Å². The van der Waals surface area contributed by atoms with Crippen LogP contribution in [0.25, 0.3) is 11.1 Å². The molecule has 5 heteroatoms. The van der Waals surface area contributed by atoms with Gasteiger partial charge in [-0.25, -0.2) is 8.42 Å². The number of benzene rings is 2. The molecule has 0 bridgehead atoms. The number of methoxy groups -OCH3 is 1. The van der Waals surface area contributed by atoms with Crippen molar-refractivity contribution in [2.75, 3.05) is 12.9 Å². The molecule has 0 amide bonds. The van der Waals surface area contributed by atoms with E-state index in [9.17, 15) is 13.2 Å². The van der Waals surface area contributed by atoms with Gasteiger partial charge in [-0.1, -0.05) is 19.1 Å². The van der Waals surface area contributed by atoms with Gasteiger partial charge >= 0.3 is 0 Å². The number of hydrogen-bond acceptors (Lipinski definition) is 4. The van der Waals surface area contributed by atoms with Crippen LogP contribution in [0.15, 0.2) is 47.4 Å². The van der Waals surface area contributed by atoms with Crippen molar-refractivity contribution >= 4 is 16.1 Å². The van der Waals surface area contributed by atoms with Crippen molar-refractivity contribution in [2.24, 2.45) is 0 Å². The summed E-state index contributed by atoms with van der Waals surface area (Å²) in [7, 11) is -1.74. The highest BCUT2D eigenvalue weighted by atomic mass is 32.2. The number of aldehydes is 1. The second-order valence-corrected chi connectivity index (χ2v) is 6.79. The standard InChI is InChI=1S/C16H16O4S/c1-3-21(18,19)14-6-4-5-13(10-14)15-9-12(11-17)7-8-16(15)20-2/h4-11H,3H2,1-2H3. The van der Waals surface area contributed by atoms with Gasteiger partial charge in [0, 0.05) is 11.1 Å². The maximum absolute atomic E-state index is 12.0. The van der Waals surface area contributed by atoms with Gasteiger partial charge in [-0.05, 0) is 35.9 Å². The Morgan fingerprint density at radius 1 is 1.14 bits per heavy atom. The predicted molar refractivity (Wildman–Crippen MR) is 81.5 cm³/mol. The zero-order chi connectivity index (χ0) is 15.5. The first-order chi connectivity index (χ1) is 10.0. The molecule has 0 unspecified atom stereocenters. The molecule has 21 heavy (non-hydrogen) atoms. The second-order valence-electron chi connectivity index (χ2n) is 4.51. The van der Waals surface area contributed by atoms with Gasteiger partial charge in [-0.2, -0.15) is 0 Å². The molecule has 0 radical (unpaired) electrons. The number of carbonyl (C=O) groups excluding carboxylic acids is 1. The summed E-state index contributed by atoms with van der Waals surface area (Å²) in [4.78, 5) is 11.2. The fraction of sp³-hybridized carbons (Fsp3) is 0.188. The van der Waals surface area contributed by atoms with Crippen LogP contribution >= 0.6 is 0 Å². The van der Waals surface area contributed by atoms with Crippen LogP contribution in [0.5, 0.6) is 5.75 Å². The highest BCUT2D eigenvalue weighted by Crippen LogP contribution is 2.32. The quantitative estimate of drug-likeness (QED) is 0.797. The Kier molecular flexibility index (Phi) is 4.43. The normalized spacial score (nSPS) is 11.1. The fourth-order valence-electron chi connectivity index (χ4n) is 2.05. The lowest BCUT2D eigenvalue weighted by Gasteiger charge is -2.10. The smallest absolute Gasteiger partial charge is 0.178 e. The van der Waals surface area contributed by atoms with E-state index in [0.717, 1.165) is 6.29 Å². The first kappa shape index (κ1) is 15.3. The molecule has 2 rings (SSSR count). The monoisotopic (exact) mass is 304 g/mol. The molecule has 0 saturated carbocycles. The van der Waals surface area contributed by atoms with Crippen LogP contribution < -0.4 is 4.74 Å². The average Bonchev–Trinajstić information content (AvgIpc) is 2.54. The minimum Gasteiger partial charge on any atom is -0.496 e. The minimum atomic E-state index is -3.27. The molecule has 0 saturated heterocycles. The summed E-state index contributed by atoms with van der Waals surface area (Å²) in [6, 6.07) is 11.7. The molecule has 2 aromatic carbocycles. The fourth-order valence-corrected chi connectivity index (χ4v) is 2.97. The van der Waals surface area contributed by atoms with Gasteiger partial charge in [0.25, 0.3) is 0 Å². The van der Waals surface area contributed by atoms with E-state index in [4.69, 9.17) is 4.74 Å². The minimum absolute atomic E-state index is 0.0436. The molecular weight excluding hydrogens is 288 g/mol. The molecule has 2 aromatic rings. The summed E-state index contributed by atoms with van der Waals surface area (Å²) in [6.07, 6.45) is 0.746. The van der Waals surface area contributed by atoms with E-state index < -0.39 is 9.84 Å². The molecule has 0 aliphatic carbocycles. The van der Waals surface area contributed by atoms with E-state index in [2.05, 4.69) is 0 Å². The molecule has 0 N–H and O–H groups in total. The summed E-state index contributed by atoms with van der Waals surface area (Å²) >= 11 is 0. The predicted octanol–water partition coefficient (Wildman–Crippen LogP) is 2.97. The van der Waals surface area contributed by atoms with Crippen LogP contribution in [-0.4, -0.2) is 27.6 Å². The molecule has 0 aliphatic rings. The van der Waals surface area contributed by atoms with E-state index in [-0.39, 0.29) is 10.6 Å². The van der Waals surface area contributed by atoms with Crippen LogP contribution in [0.4, 0.5) is 0 Å². The lowest BCUT2D eigenvalue weighted by atomic mass is 10.0. The summed E-state index contributed by atoms with van der Waals surface area (Å²) in [5.41, 5.74) is 1.90. The molecule has 110 valence electrons. The summed E-state index contributed by atoms with van der Waals surface area (Å²) in [5, 5.41) is 0. The Labute approximate surface area is 124 Å². The first-order valence-electron chi connectivity index (χ1n) is 6.48. The number of hydrogen-bond donors (Lipinski definition) is 0. The summed E-state index contributed by atoms with van der Waals surface area (Å²) < 4.78 is 29.2. The van der Waals surface area contributed by atoms with Crippen molar-refractivity contribution < 1.29 is 17.9 Å². The summed E-state index contributed by atoms with van der Waals surface area (Å²) in [6.45, 7) is 1.61. The van der Waals surface area contributed by atoms with Crippen molar-refractivity contribution in [3.63, 3.8) is 0 Å². The molecule has 0 fully saturated rings. The zero-order valence-corrected chi connectivity index (χ0v) is 12.7. The van der Waals surface area contributed by atoms with Crippen LogP contribution in [-0.2, 0) is 9.84 Å². The molecule has 0 heterocycles. The van der Waals surface area contributed by atoms with E-state index in [1.807, 2.05) is 0 Å². The second kappa shape index (κ2) is 6.10. The highest BCUT2D eigenvalue weighted by Gasteiger charge is 2.14. The largest absolute Gasteiger partial charge is 0.496 e. The van der Waals surface area contributed by atoms with Crippen LogP contribution in [0.3, 0.4) is 0 Å². The van der Waals surface area contributed by atoms with Gasteiger partial charge < -0.3 is 4.74 Å². The van der Waals surface area contributed by atoms with Crippen molar-refractivity contribution in [2.45, 2.75) is 11.8 Å². The molecule has 0 aromatic heterocycles. The maximum atomic E-state index is 12.0. The Bertz CT molecular complexity index is 764. The van der Waals surface area contributed by atoms with Gasteiger partial charge in [0.1, 0.15) is 12.0 Å². The van der Waals surface area contributed by atoms with Gasteiger partial charge in [-0.15, -0.1) is 0 Å². The van der Waals surface area contributed by atoms with E-state index in [0.29, 0.717) is 22.4 Å². The Morgan fingerprint density at radius 2 is 1.90 bits per heavy atom. The zero-order valence-electron chi connectivity index (χ0n) is 11.9. The first-order valence-corrected chi connectivity index (χ1v) is 8.13. The number of carbonyl (C=O) groups is 1. The summed E-state index contributed by atoms with van der Waals surface area (Å²) in [5.74, 6) is 0.633. The lowest BCUT2D eigenvalue weighted by molar-refractivity contribution is 0.112. The van der Waals surface area contributed by atoms with Gasteiger partial charge in [0.05, 0.1) is 17.8 Å². The Hall–Kier alpha value is -2.14. The van der Waals surface area contributed by atoms with Gasteiger partial charge in [0.2, 0.25) is 0 Å². The maximum Gasteiger partial charge on any atom is 0.178 e. The third kappa shape index (κ3) is 3.13. The number of rotatable bonds is 5. The van der Waals surface area contributed by atoms with Crippen molar-refractivity contribution in [1.82, 2.24) is 0 Å². The Balaban J connectivity index is 2.62. The van der Waals surface area contributed by atoms with Crippen molar-refractivity contribution in [3.05, 3.63) is 48.0 Å². The van der Waals surface area contributed by atoms with E-state index in [1.165, 1.54) is 7.11 Å². The number of ether oxygens (including phenoxy) is 1. The molecular formula is C16H16O4S. The molecule has 0 spiro atoms. The van der Waals surface area contributed by atoms with Gasteiger partial charge in [0.15, 0.2) is 9.84 Å². The topological polar surface area (TPSA) is 60.4 Å². The van der Waals surface area contributed by atoms with Crippen LogP contribution in [0.1, 0.15) is 17.3 Å². The lowest BCUT2D eigenvalue weighted by Crippen LogP contribution is -2.03. The molecule has 4 nitrogen and oxygen atoms in total. The van der Waals surface area contributed by atoms with E-state index >= 15 is 0 Å². The SMILES string of the molecule is CCS(=O)(=O)c1cccc(-c2cc(C=O)ccc2OC)c1. The molecule has 0 aliphatic heterocycles. The van der Waals surface area contributed by atoms with E-state index in [1.54, 1.807) is 49.4 Å². The highest BCUT2D eigenvalue weighted by molar-refractivity contribution is 7.91. The van der Waals surface area contributed by atoms with Crippen molar-refractivity contribution in [3.8, 4) is 16.9 Å². The van der Waals surface area contributed by atoms with Crippen molar-refractivity contribution in [1.29, 1.82) is 0 Å². The van der Waals surface area contributed by atoms with Crippen LogP contribution in [0.2, 0.25) is 0 Å². The van der Waals surface area contributed by atoms with Crippen LogP contribution in [0, 0.1) is 0 Å².